The minimum atomic E-state index is -0.634. The quantitative estimate of drug-likeness (QED) is 0.536. The van der Waals surface area contributed by atoms with Crippen LogP contribution in [0, 0.1) is 0 Å². The van der Waals surface area contributed by atoms with Gasteiger partial charge in [0, 0.05) is 5.41 Å². The average Bonchev–Trinajstić information content (AvgIpc) is 2.09. The summed E-state index contributed by atoms with van der Waals surface area (Å²) in [5.74, 6) is -0.377. The van der Waals surface area contributed by atoms with E-state index in [1.807, 2.05) is 0 Å². The molecule has 0 bridgehead atoms. The maximum atomic E-state index is 10.7. The zero-order valence-electron chi connectivity index (χ0n) is 7.61. The Hall–Kier alpha value is -1.51. The van der Waals surface area contributed by atoms with Crippen LogP contribution in [0.2, 0.25) is 0 Å². The van der Waals surface area contributed by atoms with Crippen molar-refractivity contribution < 1.29 is 15.0 Å². The summed E-state index contributed by atoms with van der Waals surface area (Å²) in [6.45, 7) is 3.48. The Morgan fingerprint density at radius 2 is 1.85 bits per heavy atom. The van der Waals surface area contributed by atoms with Gasteiger partial charge in [0.15, 0.2) is 11.5 Å². The number of benzene rings is 1. The van der Waals surface area contributed by atoms with Crippen LogP contribution >= 0.6 is 0 Å². The number of rotatable bonds is 2. The number of carbonyl (C=O) groups is 1. The molecule has 70 valence electrons. The molecule has 13 heavy (non-hydrogen) atoms. The molecule has 3 heteroatoms. The molecule has 0 aliphatic heterocycles. The maximum Gasteiger partial charge on any atom is 0.157 e. The Bertz CT molecular complexity index is 329. The SMILES string of the molecule is CC(C)(C=O)c1ccc(O)c(O)c1. The highest BCUT2D eigenvalue weighted by molar-refractivity contribution is 5.68. The number of aromatic hydroxyl groups is 2. The number of aldehydes is 1. The smallest absolute Gasteiger partial charge is 0.157 e. The zero-order valence-corrected chi connectivity index (χ0v) is 7.61. The first kappa shape index (κ1) is 9.58. The van der Waals surface area contributed by atoms with Gasteiger partial charge in [0.25, 0.3) is 0 Å². The van der Waals surface area contributed by atoms with E-state index in [9.17, 15) is 9.90 Å². The summed E-state index contributed by atoms with van der Waals surface area (Å²) in [6.07, 6.45) is 0.804. The summed E-state index contributed by atoms with van der Waals surface area (Å²) in [4.78, 5) is 10.7. The molecule has 1 aromatic rings. The van der Waals surface area contributed by atoms with Crippen molar-refractivity contribution in [1.82, 2.24) is 0 Å². The van der Waals surface area contributed by atoms with E-state index in [2.05, 4.69) is 0 Å². The third-order valence-corrected chi connectivity index (χ3v) is 2.01. The second-order valence-corrected chi connectivity index (χ2v) is 3.54. The molecule has 0 fully saturated rings. The van der Waals surface area contributed by atoms with Gasteiger partial charge in [0.05, 0.1) is 0 Å². The van der Waals surface area contributed by atoms with E-state index in [0.29, 0.717) is 5.56 Å². The molecule has 1 aromatic carbocycles. The summed E-state index contributed by atoms with van der Waals surface area (Å²) >= 11 is 0. The molecular weight excluding hydrogens is 168 g/mol. The molecule has 0 radical (unpaired) electrons. The predicted molar refractivity (Wildman–Crippen MR) is 48.9 cm³/mol. The fourth-order valence-electron chi connectivity index (χ4n) is 0.992. The van der Waals surface area contributed by atoms with Crippen LogP contribution in [0.25, 0.3) is 0 Å². The molecule has 0 amide bonds. The van der Waals surface area contributed by atoms with E-state index in [0.717, 1.165) is 6.29 Å². The number of phenols is 2. The van der Waals surface area contributed by atoms with Crippen molar-refractivity contribution in [2.24, 2.45) is 0 Å². The average molecular weight is 180 g/mol. The van der Waals surface area contributed by atoms with Crippen molar-refractivity contribution in [2.75, 3.05) is 0 Å². The van der Waals surface area contributed by atoms with Gasteiger partial charge in [0.2, 0.25) is 0 Å². The molecule has 0 saturated carbocycles. The molecule has 3 nitrogen and oxygen atoms in total. The molecule has 0 aliphatic carbocycles. The topological polar surface area (TPSA) is 57.5 Å². The van der Waals surface area contributed by atoms with E-state index >= 15 is 0 Å². The van der Waals surface area contributed by atoms with Crippen molar-refractivity contribution in [3.63, 3.8) is 0 Å². The van der Waals surface area contributed by atoms with E-state index in [4.69, 9.17) is 5.11 Å². The fourth-order valence-corrected chi connectivity index (χ4v) is 0.992. The fraction of sp³-hybridized carbons (Fsp3) is 0.300. The lowest BCUT2D eigenvalue weighted by molar-refractivity contribution is -0.111. The maximum absolute atomic E-state index is 10.7. The monoisotopic (exact) mass is 180 g/mol. The van der Waals surface area contributed by atoms with E-state index in [1.54, 1.807) is 19.9 Å². The largest absolute Gasteiger partial charge is 0.504 e. The first-order chi connectivity index (χ1) is 5.97. The summed E-state index contributed by atoms with van der Waals surface area (Å²) in [6, 6.07) is 4.38. The third-order valence-electron chi connectivity index (χ3n) is 2.01. The van der Waals surface area contributed by atoms with Gasteiger partial charge in [-0.3, -0.25) is 0 Å². The molecule has 0 unspecified atom stereocenters. The lowest BCUT2D eigenvalue weighted by Crippen LogP contribution is -2.18. The third kappa shape index (κ3) is 1.80. The van der Waals surface area contributed by atoms with E-state index < -0.39 is 5.41 Å². The highest BCUT2D eigenvalue weighted by atomic mass is 16.3. The molecule has 0 heterocycles. The van der Waals surface area contributed by atoms with Crippen LogP contribution < -0.4 is 0 Å². The van der Waals surface area contributed by atoms with Crippen LogP contribution in [-0.4, -0.2) is 16.5 Å². The van der Waals surface area contributed by atoms with Crippen molar-refractivity contribution in [2.45, 2.75) is 19.3 Å². The highest BCUT2D eigenvalue weighted by Gasteiger charge is 2.20. The van der Waals surface area contributed by atoms with Gasteiger partial charge in [-0.2, -0.15) is 0 Å². The number of carbonyl (C=O) groups excluding carboxylic acids is 1. The van der Waals surface area contributed by atoms with E-state index in [1.165, 1.54) is 12.1 Å². The zero-order chi connectivity index (χ0) is 10.1. The molecule has 0 atom stereocenters. The molecule has 0 aromatic heterocycles. The Morgan fingerprint density at radius 3 is 2.31 bits per heavy atom. The molecular formula is C10H12O3. The Kier molecular flexibility index (Phi) is 2.28. The first-order valence-electron chi connectivity index (χ1n) is 3.96. The molecule has 2 N–H and O–H groups in total. The van der Waals surface area contributed by atoms with Gasteiger partial charge in [-0.25, -0.2) is 0 Å². The Balaban J connectivity index is 3.18. The van der Waals surface area contributed by atoms with Crippen LogP contribution in [0.5, 0.6) is 11.5 Å². The number of phenolic OH excluding ortho intramolecular Hbond substituents is 2. The van der Waals surface area contributed by atoms with E-state index in [-0.39, 0.29) is 11.5 Å². The summed E-state index contributed by atoms with van der Waals surface area (Å²) < 4.78 is 0. The molecule has 0 aliphatic rings. The van der Waals surface area contributed by atoms with Crippen molar-refractivity contribution in [3.8, 4) is 11.5 Å². The number of hydrogen-bond donors (Lipinski definition) is 2. The van der Waals surface area contributed by atoms with Crippen molar-refractivity contribution in [1.29, 1.82) is 0 Å². The minimum absolute atomic E-state index is 0.176. The second-order valence-electron chi connectivity index (χ2n) is 3.54. The highest BCUT2D eigenvalue weighted by Crippen LogP contribution is 2.30. The van der Waals surface area contributed by atoms with Gasteiger partial charge in [-0.15, -0.1) is 0 Å². The molecule has 1 rings (SSSR count). The molecule has 0 spiro atoms. The predicted octanol–water partition coefficient (Wildman–Crippen LogP) is 1.57. The second kappa shape index (κ2) is 3.09. The van der Waals surface area contributed by atoms with Crippen LogP contribution in [0.1, 0.15) is 19.4 Å². The van der Waals surface area contributed by atoms with Gasteiger partial charge in [-0.05, 0) is 31.5 Å². The molecule has 0 saturated heterocycles. The van der Waals surface area contributed by atoms with Crippen molar-refractivity contribution in [3.05, 3.63) is 23.8 Å². The van der Waals surface area contributed by atoms with Crippen LogP contribution in [-0.2, 0) is 10.2 Å². The van der Waals surface area contributed by atoms with Gasteiger partial charge < -0.3 is 15.0 Å². The summed E-state index contributed by atoms with van der Waals surface area (Å²) in [5.41, 5.74) is 0.0448. The lowest BCUT2D eigenvalue weighted by Gasteiger charge is -2.17. The summed E-state index contributed by atoms with van der Waals surface area (Å²) in [7, 11) is 0. The van der Waals surface area contributed by atoms with Gasteiger partial charge >= 0.3 is 0 Å². The summed E-state index contributed by atoms with van der Waals surface area (Å²) in [5, 5.41) is 18.2. The van der Waals surface area contributed by atoms with Crippen LogP contribution in [0.4, 0.5) is 0 Å². The van der Waals surface area contributed by atoms with Crippen molar-refractivity contribution >= 4 is 6.29 Å². The standard InChI is InChI=1S/C10H12O3/c1-10(2,6-11)7-3-4-8(12)9(13)5-7/h3-6,12-13H,1-2H3. The normalized spacial score (nSPS) is 11.2. The van der Waals surface area contributed by atoms with Crippen LogP contribution in [0.3, 0.4) is 0 Å². The Labute approximate surface area is 76.6 Å². The Morgan fingerprint density at radius 1 is 1.23 bits per heavy atom. The minimum Gasteiger partial charge on any atom is -0.504 e. The van der Waals surface area contributed by atoms with Crippen LogP contribution in [0.15, 0.2) is 18.2 Å². The van der Waals surface area contributed by atoms with Gasteiger partial charge in [-0.1, -0.05) is 6.07 Å². The lowest BCUT2D eigenvalue weighted by atomic mass is 9.86. The first-order valence-corrected chi connectivity index (χ1v) is 3.96. The number of hydrogen-bond acceptors (Lipinski definition) is 3. The van der Waals surface area contributed by atoms with Gasteiger partial charge in [0.1, 0.15) is 6.29 Å².